The van der Waals surface area contributed by atoms with Crippen molar-refractivity contribution in [2.75, 3.05) is 13.2 Å². The minimum atomic E-state index is -1.15. The Morgan fingerprint density at radius 1 is 0.596 bits per heavy atom. The monoisotopic (exact) mass is 806 g/mol. The molecular weight excluding hydrogens is 727 g/mol. The van der Waals surface area contributed by atoms with Gasteiger partial charge < -0.3 is 29.6 Å². The molecule has 0 saturated carbocycles. The highest BCUT2D eigenvalue weighted by molar-refractivity contribution is 5.86. The number of unbranched alkanes of at least 4 members (excludes halogenated alkanes) is 24. The summed E-state index contributed by atoms with van der Waals surface area (Å²) in [5.74, 6) is -3.41. The van der Waals surface area contributed by atoms with E-state index in [1.807, 2.05) is 0 Å². The molecule has 0 radical (unpaired) electrons. The van der Waals surface area contributed by atoms with Crippen molar-refractivity contribution < 1.29 is 43.3 Å². The van der Waals surface area contributed by atoms with E-state index in [1.54, 1.807) is 0 Å². The van der Waals surface area contributed by atoms with Crippen LogP contribution in [0.25, 0.3) is 0 Å². The number of aliphatic carboxylic acids is 1. The summed E-state index contributed by atoms with van der Waals surface area (Å²) in [5.41, 5.74) is 0.554. The SMILES string of the molecule is CCCCCCCCCCCCCCCC(=O)OCC(COC(=O)C(Cc1cnc[nH]1)NC(=O)CCC(=O)O)OC(=O)CCCCCCCCCCCCCCC. The maximum absolute atomic E-state index is 13.2. The van der Waals surface area contributed by atoms with E-state index in [0.29, 0.717) is 18.5 Å². The van der Waals surface area contributed by atoms with Gasteiger partial charge in [0.1, 0.15) is 19.3 Å². The first-order valence-corrected chi connectivity index (χ1v) is 22.7. The third-order valence-corrected chi connectivity index (χ3v) is 10.3. The van der Waals surface area contributed by atoms with Gasteiger partial charge in [0.15, 0.2) is 6.10 Å². The summed E-state index contributed by atoms with van der Waals surface area (Å²) >= 11 is 0. The van der Waals surface area contributed by atoms with Crippen LogP contribution in [0, 0.1) is 0 Å². The molecule has 12 heteroatoms. The van der Waals surface area contributed by atoms with E-state index in [1.165, 1.54) is 128 Å². The lowest BCUT2D eigenvalue weighted by atomic mass is 10.0. The Hall–Kier alpha value is -3.44. The summed E-state index contributed by atoms with van der Waals surface area (Å²) < 4.78 is 16.6. The van der Waals surface area contributed by atoms with Crippen LogP contribution in [0.3, 0.4) is 0 Å². The third kappa shape index (κ3) is 32.2. The number of carboxylic acids is 1. The average molecular weight is 806 g/mol. The molecule has 0 fully saturated rings. The van der Waals surface area contributed by atoms with Crippen LogP contribution < -0.4 is 5.32 Å². The van der Waals surface area contributed by atoms with Gasteiger partial charge in [-0.1, -0.05) is 168 Å². The van der Waals surface area contributed by atoms with Gasteiger partial charge in [0.2, 0.25) is 5.91 Å². The van der Waals surface area contributed by atoms with Crippen LogP contribution in [0.4, 0.5) is 0 Å². The number of aromatic amines is 1. The second-order valence-corrected chi connectivity index (χ2v) is 15.7. The molecule has 0 bridgehead atoms. The zero-order chi connectivity index (χ0) is 41.6. The van der Waals surface area contributed by atoms with Crippen LogP contribution in [0.2, 0.25) is 0 Å². The zero-order valence-electron chi connectivity index (χ0n) is 35.8. The Morgan fingerprint density at radius 3 is 1.47 bits per heavy atom. The predicted octanol–water partition coefficient (Wildman–Crippen LogP) is 10.3. The zero-order valence-corrected chi connectivity index (χ0v) is 35.8. The van der Waals surface area contributed by atoms with Crippen molar-refractivity contribution in [1.29, 1.82) is 0 Å². The Labute approximate surface area is 344 Å². The number of imidazole rings is 1. The minimum absolute atomic E-state index is 0.0231. The van der Waals surface area contributed by atoms with Gasteiger partial charge in [-0.25, -0.2) is 9.78 Å². The standard InChI is InChI=1S/C45H79N3O9/c1-3-5-7-9-11-13-15-17-19-21-23-25-27-29-43(52)55-35-39(57-44(53)30-28-26-24-22-20-18-16-14-12-10-8-6-4-2)36-56-45(54)40(33-38-34-46-37-47-38)48-41(49)31-32-42(50)51/h34,37,39-40H,3-33,35-36H2,1-2H3,(H,46,47)(H,48,49)(H,50,51). The lowest BCUT2D eigenvalue weighted by molar-refractivity contribution is -0.167. The molecule has 1 amide bonds. The number of carbonyl (C=O) groups is 5. The molecule has 3 N–H and O–H groups in total. The number of esters is 3. The first-order valence-electron chi connectivity index (χ1n) is 22.7. The van der Waals surface area contributed by atoms with Gasteiger partial charge in [-0.05, 0) is 12.8 Å². The van der Waals surface area contributed by atoms with Crippen LogP contribution in [0.5, 0.6) is 0 Å². The van der Waals surface area contributed by atoms with Gasteiger partial charge in [0.05, 0.1) is 12.7 Å². The summed E-state index contributed by atoms with van der Waals surface area (Å²) in [5, 5.41) is 11.5. The number of carbonyl (C=O) groups excluding carboxylic acids is 4. The molecule has 0 aliphatic rings. The average Bonchev–Trinajstić information content (AvgIpc) is 3.71. The van der Waals surface area contributed by atoms with E-state index in [0.717, 1.165) is 38.5 Å². The smallest absolute Gasteiger partial charge is 0.329 e. The quantitative estimate of drug-likeness (QED) is 0.0329. The molecule has 57 heavy (non-hydrogen) atoms. The van der Waals surface area contributed by atoms with Gasteiger partial charge in [0, 0.05) is 37.6 Å². The van der Waals surface area contributed by atoms with Crippen molar-refractivity contribution in [3.05, 3.63) is 18.2 Å². The lowest BCUT2D eigenvalue weighted by Crippen LogP contribution is -2.44. The number of nitrogens with zero attached hydrogens (tertiary/aromatic N) is 1. The number of nitrogens with one attached hydrogen (secondary N) is 2. The fourth-order valence-corrected chi connectivity index (χ4v) is 6.77. The van der Waals surface area contributed by atoms with Crippen LogP contribution >= 0.6 is 0 Å². The van der Waals surface area contributed by atoms with E-state index < -0.39 is 41.9 Å². The van der Waals surface area contributed by atoms with E-state index in [2.05, 4.69) is 29.1 Å². The maximum Gasteiger partial charge on any atom is 0.329 e. The fraction of sp³-hybridized carbons (Fsp3) is 0.822. The Bertz CT molecular complexity index is 1160. The molecule has 2 unspecified atom stereocenters. The normalized spacial score (nSPS) is 12.2. The van der Waals surface area contributed by atoms with Crippen LogP contribution in [-0.4, -0.2) is 70.2 Å². The highest BCUT2D eigenvalue weighted by atomic mass is 16.6. The van der Waals surface area contributed by atoms with E-state index in [9.17, 15) is 24.0 Å². The van der Waals surface area contributed by atoms with Crippen molar-refractivity contribution in [1.82, 2.24) is 15.3 Å². The number of aromatic nitrogens is 2. The number of amides is 1. The maximum atomic E-state index is 13.2. The lowest BCUT2D eigenvalue weighted by Gasteiger charge is -2.21. The molecule has 0 aliphatic heterocycles. The largest absolute Gasteiger partial charge is 0.481 e. The molecular formula is C45H79N3O9. The molecule has 1 aromatic heterocycles. The van der Waals surface area contributed by atoms with Gasteiger partial charge >= 0.3 is 23.9 Å². The van der Waals surface area contributed by atoms with Crippen LogP contribution in [0.15, 0.2) is 12.5 Å². The number of ether oxygens (including phenoxy) is 3. The van der Waals surface area contributed by atoms with E-state index in [-0.39, 0.29) is 45.3 Å². The first kappa shape index (κ1) is 51.6. The molecule has 0 saturated heterocycles. The predicted molar refractivity (Wildman–Crippen MR) is 224 cm³/mol. The topological polar surface area (TPSA) is 174 Å². The summed E-state index contributed by atoms with van der Waals surface area (Å²) in [6, 6.07) is -1.15. The van der Waals surface area contributed by atoms with Crippen molar-refractivity contribution in [3.63, 3.8) is 0 Å². The van der Waals surface area contributed by atoms with E-state index in [4.69, 9.17) is 19.3 Å². The Morgan fingerprint density at radius 2 is 1.04 bits per heavy atom. The summed E-state index contributed by atoms with van der Waals surface area (Å²) in [6.07, 6.45) is 32.8. The van der Waals surface area contributed by atoms with Gasteiger partial charge in [-0.15, -0.1) is 0 Å². The third-order valence-electron chi connectivity index (χ3n) is 10.3. The molecule has 0 spiro atoms. The molecule has 328 valence electrons. The minimum Gasteiger partial charge on any atom is -0.481 e. The Balaban J connectivity index is 2.54. The van der Waals surface area contributed by atoms with Gasteiger partial charge in [-0.2, -0.15) is 0 Å². The van der Waals surface area contributed by atoms with Crippen molar-refractivity contribution >= 4 is 29.8 Å². The number of carboxylic acid groups (broad SMARTS) is 1. The second kappa shape index (κ2) is 36.9. The van der Waals surface area contributed by atoms with Gasteiger partial charge in [-0.3, -0.25) is 19.2 Å². The highest BCUT2D eigenvalue weighted by Crippen LogP contribution is 2.15. The molecule has 0 aromatic carbocycles. The molecule has 1 rings (SSSR count). The first-order chi connectivity index (χ1) is 27.7. The van der Waals surface area contributed by atoms with Crippen LogP contribution in [0.1, 0.15) is 212 Å². The van der Waals surface area contributed by atoms with Crippen molar-refractivity contribution in [2.24, 2.45) is 0 Å². The summed E-state index contributed by atoms with van der Waals surface area (Å²) in [6.45, 7) is 3.85. The van der Waals surface area contributed by atoms with Gasteiger partial charge in [0.25, 0.3) is 0 Å². The van der Waals surface area contributed by atoms with Crippen molar-refractivity contribution in [3.8, 4) is 0 Å². The van der Waals surface area contributed by atoms with E-state index >= 15 is 0 Å². The van der Waals surface area contributed by atoms with Crippen molar-refractivity contribution in [2.45, 2.75) is 225 Å². The molecule has 12 nitrogen and oxygen atoms in total. The molecule has 0 aliphatic carbocycles. The molecule has 1 aromatic rings. The molecule has 2 atom stereocenters. The summed E-state index contributed by atoms with van der Waals surface area (Å²) in [7, 11) is 0. The number of hydrogen-bond acceptors (Lipinski definition) is 9. The number of H-pyrrole nitrogens is 1. The number of hydrogen-bond donors (Lipinski definition) is 3. The van der Waals surface area contributed by atoms with Crippen LogP contribution in [-0.2, 0) is 44.6 Å². The molecule has 1 heterocycles. The summed E-state index contributed by atoms with van der Waals surface area (Å²) in [4.78, 5) is 68.9. The second-order valence-electron chi connectivity index (χ2n) is 15.7. The fourth-order valence-electron chi connectivity index (χ4n) is 6.77. The highest BCUT2D eigenvalue weighted by Gasteiger charge is 2.26. The number of rotatable bonds is 40. The Kier molecular flexibility index (Phi) is 33.4.